The van der Waals surface area contributed by atoms with Gasteiger partial charge in [-0.3, -0.25) is 9.59 Å². The third-order valence-electron chi connectivity index (χ3n) is 6.28. The van der Waals surface area contributed by atoms with E-state index < -0.39 is 11.7 Å². The van der Waals surface area contributed by atoms with Crippen molar-refractivity contribution in [3.8, 4) is 16.9 Å². The Hall–Kier alpha value is -3.87. The molecule has 1 aliphatic rings. The van der Waals surface area contributed by atoms with Crippen molar-refractivity contribution in [2.24, 2.45) is 5.73 Å². The molecule has 0 spiro atoms. The minimum Gasteiger partial charge on any atom is -0.494 e. The Balaban J connectivity index is 1.66. The van der Waals surface area contributed by atoms with E-state index in [2.05, 4.69) is 4.98 Å². The Morgan fingerprint density at radius 1 is 1.03 bits per heavy atom. The molecule has 2 heterocycles. The number of hydrogen-bond donors (Lipinski definition) is 2. The Morgan fingerprint density at radius 3 is 2.52 bits per heavy atom. The summed E-state index contributed by atoms with van der Waals surface area (Å²) in [5.74, 6) is -0.729. The second-order valence-electron chi connectivity index (χ2n) is 8.44. The maximum atomic E-state index is 14.4. The highest BCUT2D eigenvalue weighted by molar-refractivity contribution is 6.12. The van der Waals surface area contributed by atoms with Crippen LogP contribution in [0.3, 0.4) is 0 Å². The third kappa shape index (κ3) is 3.80. The number of hydrogen-bond acceptors (Lipinski definition) is 3. The minimum atomic E-state index is -0.462. The number of nitrogens with two attached hydrogens (primary N) is 1. The van der Waals surface area contributed by atoms with Gasteiger partial charge in [0.2, 0.25) is 5.91 Å². The highest BCUT2D eigenvalue weighted by Gasteiger charge is 2.21. The number of nitrogens with one attached hydrogen (secondary N) is 1. The van der Waals surface area contributed by atoms with Crippen LogP contribution in [0.25, 0.3) is 32.9 Å². The number of aromatic nitrogens is 1. The summed E-state index contributed by atoms with van der Waals surface area (Å²) in [5, 5.41) is 1.81. The fraction of sp³-hybridized carbons (Fsp3) is 0.231. The molecule has 0 atom stereocenters. The molecule has 7 heteroatoms. The molecular weight excluding hydrogens is 421 g/mol. The molecule has 0 bridgehead atoms. The number of benzene rings is 3. The summed E-state index contributed by atoms with van der Waals surface area (Å²) >= 11 is 0. The SMILES string of the molecule is COc1ccc(-c2cc(CC(N)=O)c3[nH]c4cc(C(=O)N5CCCC5)ccc4c3c2)cc1F. The Bertz CT molecular complexity index is 1400. The van der Waals surface area contributed by atoms with Gasteiger partial charge in [-0.1, -0.05) is 12.1 Å². The molecule has 3 N–H and O–H groups in total. The van der Waals surface area contributed by atoms with Gasteiger partial charge >= 0.3 is 0 Å². The standard InChI is InChI=1S/C26H24FN3O3/c1-33-23-7-5-15(12-21(23)27)17-10-18(14-24(28)31)25-20(11-17)19-6-4-16(13-22(19)29-25)26(32)30-8-2-3-9-30/h4-7,10-13,29H,2-3,8-9,14H2,1H3,(H2,28,31). The summed E-state index contributed by atoms with van der Waals surface area (Å²) in [6.07, 6.45) is 2.10. The molecule has 1 aliphatic heterocycles. The molecule has 5 rings (SSSR count). The van der Waals surface area contributed by atoms with Crippen LogP contribution in [0.15, 0.2) is 48.5 Å². The lowest BCUT2D eigenvalue weighted by Gasteiger charge is -2.15. The number of likely N-dealkylation sites (tertiary alicyclic amines) is 1. The molecule has 1 fully saturated rings. The van der Waals surface area contributed by atoms with Gasteiger partial charge < -0.3 is 20.4 Å². The van der Waals surface area contributed by atoms with E-state index in [1.165, 1.54) is 13.2 Å². The zero-order chi connectivity index (χ0) is 23.1. The van der Waals surface area contributed by atoms with Crippen LogP contribution in [-0.2, 0) is 11.2 Å². The zero-order valence-electron chi connectivity index (χ0n) is 18.3. The van der Waals surface area contributed by atoms with Crippen molar-refractivity contribution in [2.75, 3.05) is 20.2 Å². The smallest absolute Gasteiger partial charge is 0.253 e. The van der Waals surface area contributed by atoms with Crippen LogP contribution in [0, 0.1) is 5.82 Å². The number of methoxy groups -OCH3 is 1. The van der Waals surface area contributed by atoms with Crippen LogP contribution in [0.4, 0.5) is 4.39 Å². The molecule has 33 heavy (non-hydrogen) atoms. The molecule has 2 amide bonds. The molecule has 6 nitrogen and oxygen atoms in total. The molecule has 1 aromatic heterocycles. The van der Waals surface area contributed by atoms with Crippen LogP contribution in [-0.4, -0.2) is 41.9 Å². The van der Waals surface area contributed by atoms with Crippen LogP contribution >= 0.6 is 0 Å². The van der Waals surface area contributed by atoms with Gasteiger partial charge in [-0.15, -0.1) is 0 Å². The lowest BCUT2D eigenvalue weighted by molar-refractivity contribution is -0.117. The number of rotatable bonds is 5. The van der Waals surface area contributed by atoms with E-state index in [4.69, 9.17) is 10.5 Å². The Morgan fingerprint density at radius 2 is 1.82 bits per heavy atom. The average Bonchev–Trinajstić information content (AvgIpc) is 3.46. The van der Waals surface area contributed by atoms with Gasteiger partial charge in [0.05, 0.1) is 19.0 Å². The zero-order valence-corrected chi connectivity index (χ0v) is 18.3. The van der Waals surface area contributed by atoms with Crippen molar-refractivity contribution in [2.45, 2.75) is 19.3 Å². The van der Waals surface area contributed by atoms with Crippen LogP contribution < -0.4 is 10.5 Å². The van der Waals surface area contributed by atoms with E-state index in [1.807, 2.05) is 35.2 Å². The summed E-state index contributed by atoms with van der Waals surface area (Å²) in [6.45, 7) is 1.57. The number of H-pyrrole nitrogens is 1. The van der Waals surface area contributed by atoms with Gasteiger partial charge in [-0.25, -0.2) is 4.39 Å². The number of halogens is 1. The molecule has 0 radical (unpaired) electrons. The van der Waals surface area contributed by atoms with Crippen LogP contribution in [0.5, 0.6) is 5.75 Å². The number of nitrogens with zero attached hydrogens (tertiary/aromatic N) is 1. The summed E-state index contributed by atoms with van der Waals surface area (Å²) in [4.78, 5) is 29.9. The van der Waals surface area contributed by atoms with E-state index in [1.54, 1.807) is 12.1 Å². The Kier molecular flexibility index (Phi) is 5.24. The summed E-state index contributed by atoms with van der Waals surface area (Å²) < 4.78 is 19.4. The molecule has 0 unspecified atom stereocenters. The molecular formula is C26H24FN3O3. The summed E-state index contributed by atoms with van der Waals surface area (Å²) in [7, 11) is 1.42. The second kappa shape index (κ2) is 8.24. The van der Waals surface area contributed by atoms with E-state index in [9.17, 15) is 14.0 Å². The van der Waals surface area contributed by atoms with Gasteiger partial charge in [0.15, 0.2) is 11.6 Å². The lowest BCUT2D eigenvalue weighted by Crippen LogP contribution is -2.27. The predicted molar refractivity (Wildman–Crippen MR) is 126 cm³/mol. The number of carbonyl (C=O) groups excluding carboxylic acids is 2. The van der Waals surface area contributed by atoms with Gasteiger partial charge in [0.1, 0.15) is 0 Å². The van der Waals surface area contributed by atoms with Crippen molar-refractivity contribution in [3.05, 3.63) is 65.5 Å². The minimum absolute atomic E-state index is 0.0276. The van der Waals surface area contributed by atoms with E-state index in [0.717, 1.165) is 58.9 Å². The number of ether oxygens (including phenoxy) is 1. The first-order valence-corrected chi connectivity index (χ1v) is 10.9. The van der Waals surface area contributed by atoms with Crippen LogP contribution in [0.1, 0.15) is 28.8 Å². The molecule has 1 saturated heterocycles. The van der Waals surface area contributed by atoms with Gasteiger partial charge in [-0.2, -0.15) is 0 Å². The van der Waals surface area contributed by atoms with Gasteiger partial charge in [-0.05, 0) is 65.9 Å². The normalized spacial score (nSPS) is 13.7. The molecule has 4 aromatic rings. The fourth-order valence-electron chi connectivity index (χ4n) is 4.65. The molecule has 168 valence electrons. The quantitative estimate of drug-likeness (QED) is 0.477. The van der Waals surface area contributed by atoms with E-state index >= 15 is 0 Å². The largest absolute Gasteiger partial charge is 0.494 e. The van der Waals surface area contributed by atoms with Gasteiger partial charge in [0.25, 0.3) is 5.91 Å². The van der Waals surface area contributed by atoms with E-state index in [0.29, 0.717) is 11.1 Å². The van der Waals surface area contributed by atoms with Gasteiger partial charge in [0, 0.05) is 34.9 Å². The van der Waals surface area contributed by atoms with E-state index in [-0.39, 0.29) is 18.1 Å². The molecule has 0 saturated carbocycles. The Labute approximate surface area is 190 Å². The number of fused-ring (bicyclic) bond motifs is 3. The van der Waals surface area contributed by atoms with Crippen molar-refractivity contribution in [3.63, 3.8) is 0 Å². The molecule has 3 aromatic carbocycles. The van der Waals surface area contributed by atoms with Crippen LogP contribution in [0.2, 0.25) is 0 Å². The molecule has 0 aliphatic carbocycles. The van der Waals surface area contributed by atoms with Crippen molar-refractivity contribution >= 4 is 33.6 Å². The van der Waals surface area contributed by atoms with Crippen molar-refractivity contribution < 1.29 is 18.7 Å². The summed E-state index contributed by atoms with van der Waals surface area (Å²) in [6, 6.07) is 14.2. The number of aromatic amines is 1. The average molecular weight is 445 g/mol. The highest BCUT2D eigenvalue weighted by atomic mass is 19.1. The second-order valence-corrected chi connectivity index (χ2v) is 8.44. The highest BCUT2D eigenvalue weighted by Crippen LogP contribution is 2.35. The summed E-state index contributed by atoms with van der Waals surface area (Å²) in [5.41, 5.74) is 9.88. The number of amides is 2. The first-order valence-electron chi connectivity index (χ1n) is 10.9. The van der Waals surface area contributed by atoms with Crippen molar-refractivity contribution in [1.29, 1.82) is 0 Å². The number of carbonyl (C=O) groups is 2. The topological polar surface area (TPSA) is 88.4 Å². The third-order valence-corrected chi connectivity index (χ3v) is 6.28. The predicted octanol–water partition coefficient (Wildman–Crippen LogP) is 4.40. The maximum Gasteiger partial charge on any atom is 0.253 e. The maximum absolute atomic E-state index is 14.4. The fourth-order valence-corrected chi connectivity index (χ4v) is 4.65. The number of primary amides is 1. The first kappa shape index (κ1) is 21.0. The first-order chi connectivity index (χ1) is 15.9. The van der Waals surface area contributed by atoms with Crippen molar-refractivity contribution in [1.82, 2.24) is 9.88 Å². The monoisotopic (exact) mass is 445 g/mol. The lowest BCUT2D eigenvalue weighted by atomic mass is 9.97.